The van der Waals surface area contributed by atoms with E-state index in [9.17, 15) is 18.0 Å². The Labute approximate surface area is 282 Å². The van der Waals surface area contributed by atoms with Crippen LogP contribution in [0, 0.1) is 6.92 Å². The first-order valence-corrected chi connectivity index (χ1v) is 17.1. The van der Waals surface area contributed by atoms with E-state index in [4.69, 9.17) is 21.1 Å². The van der Waals surface area contributed by atoms with Gasteiger partial charge in [-0.1, -0.05) is 78.7 Å². The molecule has 1 atom stereocenters. The Hall–Kier alpha value is -4.54. The normalized spacial score (nSPS) is 11.8. The Morgan fingerprint density at radius 1 is 0.851 bits per heavy atom. The van der Waals surface area contributed by atoms with Gasteiger partial charge in [-0.15, -0.1) is 0 Å². The van der Waals surface area contributed by atoms with Crippen LogP contribution >= 0.6 is 11.6 Å². The summed E-state index contributed by atoms with van der Waals surface area (Å²) in [6.07, 6.45) is 0.923. The lowest BCUT2D eigenvalue weighted by Crippen LogP contribution is -2.53. The predicted molar refractivity (Wildman–Crippen MR) is 184 cm³/mol. The second-order valence-electron chi connectivity index (χ2n) is 11.0. The lowest BCUT2D eigenvalue weighted by atomic mass is 10.0. The number of ether oxygens (including phenoxy) is 2. The molecule has 9 nitrogen and oxygen atoms in total. The first kappa shape index (κ1) is 35.3. The molecule has 0 saturated carbocycles. The van der Waals surface area contributed by atoms with E-state index in [1.807, 2.05) is 50.2 Å². The molecule has 0 unspecified atom stereocenters. The van der Waals surface area contributed by atoms with E-state index in [0.29, 0.717) is 29.3 Å². The number of rotatable bonds is 15. The summed E-state index contributed by atoms with van der Waals surface area (Å²) < 4.78 is 40.4. The van der Waals surface area contributed by atoms with Gasteiger partial charge in [0.25, 0.3) is 10.0 Å². The van der Waals surface area contributed by atoms with Crippen LogP contribution in [0.4, 0.5) is 5.69 Å². The van der Waals surface area contributed by atoms with Gasteiger partial charge >= 0.3 is 0 Å². The lowest BCUT2D eigenvalue weighted by Gasteiger charge is -2.34. The SMILES string of the molecule is CCCNC(=O)[C@@H](Cc1ccccc1)N(Cc1cccc(Cl)c1)C(=O)CN(c1ccc(C)cc1)S(=O)(=O)c1ccc(OC)c(OC)c1. The average molecular weight is 678 g/mol. The molecule has 0 aliphatic heterocycles. The monoisotopic (exact) mass is 677 g/mol. The zero-order valence-electron chi connectivity index (χ0n) is 27.0. The number of amides is 2. The van der Waals surface area contributed by atoms with Gasteiger partial charge in [-0.25, -0.2) is 8.42 Å². The molecule has 47 heavy (non-hydrogen) atoms. The number of benzene rings is 4. The molecule has 11 heteroatoms. The smallest absolute Gasteiger partial charge is 0.264 e. The van der Waals surface area contributed by atoms with Crippen molar-refractivity contribution < 1.29 is 27.5 Å². The standard InChI is InChI=1S/C36H40ClN3O6S/c1-5-20-38-36(42)32(22-27-10-7-6-8-11-27)39(24-28-12-9-13-29(37)21-28)35(41)25-40(30-16-14-26(2)15-17-30)47(43,44)31-18-19-33(45-3)34(23-31)46-4/h6-19,21,23,32H,5,20,22,24-25H2,1-4H3,(H,38,42)/t32-/m1/s1. The number of nitrogens with one attached hydrogen (secondary N) is 1. The fraction of sp³-hybridized carbons (Fsp3) is 0.278. The zero-order valence-corrected chi connectivity index (χ0v) is 28.6. The van der Waals surface area contributed by atoms with Gasteiger partial charge < -0.3 is 19.7 Å². The first-order chi connectivity index (χ1) is 22.6. The molecule has 0 bridgehead atoms. The molecule has 0 spiro atoms. The van der Waals surface area contributed by atoms with Crippen molar-refractivity contribution in [3.05, 3.63) is 119 Å². The maximum atomic E-state index is 14.6. The summed E-state index contributed by atoms with van der Waals surface area (Å²) in [7, 11) is -1.45. The van der Waals surface area contributed by atoms with Crippen LogP contribution in [0.15, 0.2) is 102 Å². The van der Waals surface area contributed by atoms with Gasteiger partial charge in [-0.05, 0) is 60.9 Å². The molecule has 4 rings (SSSR count). The highest BCUT2D eigenvalue weighted by atomic mass is 35.5. The highest BCUT2D eigenvalue weighted by Gasteiger charge is 2.35. The summed E-state index contributed by atoms with van der Waals surface area (Å²) in [5, 5.41) is 3.41. The maximum Gasteiger partial charge on any atom is 0.264 e. The summed E-state index contributed by atoms with van der Waals surface area (Å²) in [5.74, 6) is -0.321. The summed E-state index contributed by atoms with van der Waals surface area (Å²) in [6.45, 7) is 3.70. The molecule has 0 aromatic heterocycles. The Morgan fingerprint density at radius 3 is 2.17 bits per heavy atom. The van der Waals surface area contributed by atoms with Crippen molar-refractivity contribution in [1.82, 2.24) is 10.2 Å². The van der Waals surface area contributed by atoms with Gasteiger partial charge in [-0.2, -0.15) is 0 Å². The van der Waals surface area contributed by atoms with Crippen molar-refractivity contribution in [2.24, 2.45) is 0 Å². The van der Waals surface area contributed by atoms with Crippen LogP contribution in [-0.2, 0) is 32.6 Å². The first-order valence-electron chi connectivity index (χ1n) is 15.2. The molecule has 0 saturated heterocycles. The Bertz CT molecular complexity index is 1770. The second kappa shape index (κ2) is 16.3. The van der Waals surface area contributed by atoms with Crippen molar-refractivity contribution in [3.8, 4) is 11.5 Å². The third kappa shape index (κ3) is 9.05. The van der Waals surface area contributed by atoms with Crippen LogP contribution < -0.4 is 19.1 Å². The van der Waals surface area contributed by atoms with Gasteiger partial charge in [-0.3, -0.25) is 13.9 Å². The molecule has 248 valence electrons. The molecule has 2 amide bonds. The lowest BCUT2D eigenvalue weighted by molar-refractivity contribution is -0.140. The molecule has 4 aromatic carbocycles. The van der Waals surface area contributed by atoms with E-state index >= 15 is 0 Å². The highest BCUT2D eigenvalue weighted by Crippen LogP contribution is 2.32. The van der Waals surface area contributed by atoms with Crippen molar-refractivity contribution in [3.63, 3.8) is 0 Å². The number of sulfonamides is 1. The van der Waals surface area contributed by atoms with Crippen LogP contribution in [0.25, 0.3) is 0 Å². The van der Waals surface area contributed by atoms with Crippen LogP contribution in [0.1, 0.15) is 30.0 Å². The number of methoxy groups -OCH3 is 2. The van der Waals surface area contributed by atoms with E-state index in [0.717, 1.165) is 15.4 Å². The van der Waals surface area contributed by atoms with Crippen molar-refractivity contribution in [2.45, 2.75) is 44.2 Å². The molecular weight excluding hydrogens is 638 g/mol. The van der Waals surface area contributed by atoms with Gasteiger partial charge in [0.05, 0.1) is 24.8 Å². The van der Waals surface area contributed by atoms with Gasteiger partial charge in [0, 0.05) is 30.6 Å². The Morgan fingerprint density at radius 2 is 1.53 bits per heavy atom. The summed E-state index contributed by atoms with van der Waals surface area (Å²) in [4.78, 5) is 29.7. The predicted octanol–water partition coefficient (Wildman–Crippen LogP) is 6.03. The highest BCUT2D eigenvalue weighted by molar-refractivity contribution is 7.92. The third-order valence-corrected chi connectivity index (χ3v) is 9.61. The number of hydrogen-bond donors (Lipinski definition) is 1. The van der Waals surface area contributed by atoms with E-state index in [1.165, 1.54) is 37.3 Å². The number of anilines is 1. The topological polar surface area (TPSA) is 105 Å². The van der Waals surface area contributed by atoms with E-state index in [2.05, 4.69) is 5.32 Å². The van der Waals surface area contributed by atoms with Crippen LogP contribution in [0.5, 0.6) is 11.5 Å². The minimum Gasteiger partial charge on any atom is -0.493 e. The largest absolute Gasteiger partial charge is 0.493 e. The van der Waals surface area contributed by atoms with Gasteiger partial charge in [0.1, 0.15) is 12.6 Å². The Balaban J connectivity index is 1.82. The third-order valence-electron chi connectivity index (χ3n) is 7.61. The second-order valence-corrected chi connectivity index (χ2v) is 13.3. The van der Waals surface area contributed by atoms with Crippen LogP contribution in [0.2, 0.25) is 5.02 Å². The molecule has 0 radical (unpaired) electrons. The molecule has 0 aliphatic carbocycles. The molecule has 0 fully saturated rings. The number of hydrogen-bond acceptors (Lipinski definition) is 6. The zero-order chi connectivity index (χ0) is 34.0. The van der Waals surface area contributed by atoms with Crippen molar-refractivity contribution in [2.75, 3.05) is 31.6 Å². The fourth-order valence-electron chi connectivity index (χ4n) is 5.10. The summed E-state index contributed by atoms with van der Waals surface area (Å²) >= 11 is 6.31. The number of halogens is 1. The van der Waals surface area contributed by atoms with E-state index in [1.54, 1.807) is 42.5 Å². The van der Waals surface area contributed by atoms with Gasteiger partial charge in [0.2, 0.25) is 11.8 Å². The molecular formula is C36H40ClN3O6S. The van der Waals surface area contributed by atoms with Crippen LogP contribution in [-0.4, -0.2) is 58.5 Å². The molecule has 0 heterocycles. The number of carbonyl (C=O) groups is 2. The van der Waals surface area contributed by atoms with Crippen molar-refractivity contribution >= 4 is 39.1 Å². The number of carbonyl (C=O) groups excluding carboxylic acids is 2. The van der Waals surface area contributed by atoms with Gasteiger partial charge in [0.15, 0.2) is 11.5 Å². The fourth-order valence-corrected chi connectivity index (χ4v) is 6.74. The van der Waals surface area contributed by atoms with Crippen LogP contribution in [0.3, 0.4) is 0 Å². The molecule has 4 aromatic rings. The number of nitrogens with zero attached hydrogens (tertiary/aromatic N) is 2. The summed E-state index contributed by atoms with van der Waals surface area (Å²) in [6, 6.07) is 26.6. The Kier molecular flexibility index (Phi) is 12.3. The number of aryl methyl sites for hydroxylation is 1. The van der Waals surface area contributed by atoms with E-state index < -0.39 is 28.5 Å². The summed E-state index contributed by atoms with van der Waals surface area (Å²) in [5.41, 5.74) is 2.75. The van der Waals surface area contributed by atoms with Crippen molar-refractivity contribution in [1.29, 1.82) is 0 Å². The average Bonchev–Trinajstić information content (AvgIpc) is 3.08. The quantitative estimate of drug-likeness (QED) is 0.165. The minimum atomic E-state index is -4.32. The minimum absolute atomic E-state index is 0.0224. The maximum absolute atomic E-state index is 14.6. The molecule has 0 aliphatic rings. The van der Waals surface area contributed by atoms with E-state index in [-0.39, 0.29) is 35.2 Å². The molecule has 1 N–H and O–H groups in total.